The molecule has 0 aromatic carbocycles. The van der Waals surface area contributed by atoms with Gasteiger partial charge in [-0.05, 0) is 18.6 Å². The third-order valence-electron chi connectivity index (χ3n) is 2.69. The first-order chi connectivity index (χ1) is 9.86. The van der Waals surface area contributed by atoms with Crippen LogP contribution in [0.3, 0.4) is 0 Å². The molecule has 0 atom stereocenters. The molecule has 3 aromatic heterocycles. The van der Waals surface area contributed by atoms with E-state index in [0.29, 0.717) is 5.65 Å². The Morgan fingerprint density at radius 2 is 2.20 bits per heavy atom. The third kappa shape index (κ3) is 2.72. The number of hydrogen-bond donors (Lipinski definition) is 2. The first-order valence-corrected chi connectivity index (χ1v) is 7.20. The van der Waals surface area contributed by atoms with Crippen molar-refractivity contribution in [2.45, 2.75) is 23.3 Å². The van der Waals surface area contributed by atoms with Gasteiger partial charge in [0.25, 0.3) is 0 Å². The standard InChI is InChI=1S/C13H14N6S/c1-2-4-14-10-6-9(3-5-15-10)20-13-11-12(17-7-16-11)18-8-19-13/h3,5-8H,2,4H2,1H3,(H,14,15)(H,16,17,18,19). The van der Waals surface area contributed by atoms with E-state index in [1.807, 2.05) is 12.1 Å². The molecule has 0 amide bonds. The molecule has 7 heteroatoms. The van der Waals surface area contributed by atoms with Crippen LogP contribution in [0.1, 0.15) is 13.3 Å². The van der Waals surface area contributed by atoms with Crippen LogP contribution in [0, 0.1) is 0 Å². The first-order valence-electron chi connectivity index (χ1n) is 6.38. The van der Waals surface area contributed by atoms with Crippen LogP contribution in [0.4, 0.5) is 5.82 Å². The van der Waals surface area contributed by atoms with Crippen molar-refractivity contribution < 1.29 is 0 Å². The maximum atomic E-state index is 4.31. The Morgan fingerprint density at radius 1 is 1.25 bits per heavy atom. The molecule has 3 heterocycles. The summed E-state index contributed by atoms with van der Waals surface area (Å²) in [5.74, 6) is 0.881. The lowest BCUT2D eigenvalue weighted by atomic mass is 10.4. The molecule has 0 aliphatic carbocycles. The maximum Gasteiger partial charge on any atom is 0.181 e. The number of imidazole rings is 1. The minimum atomic E-state index is 0.681. The Morgan fingerprint density at radius 3 is 3.10 bits per heavy atom. The van der Waals surface area contributed by atoms with Crippen molar-refractivity contribution >= 4 is 28.7 Å². The Hall–Kier alpha value is -2.15. The monoisotopic (exact) mass is 286 g/mol. The molecule has 2 N–H and O–H groups in total. The number of hydrogen-bond acceptors (Lipinski definition) is 6. The van der Waals surface area contributed by atoms with Gasteiger partial charge in [0.15, 0.2) is 5.65 Å². The zero-order valence-corrected chi connectivity index (χ0v) is 11.8. The van der Waals surface area contributed by atoms with E-state index in [2.05, 4.69) is 37.2 Å². The zero-order chi connectivity index (χ0) is 13.8. The second kappa shape index (κ2) is 5.87. The van der Waals surface area contributed by atoms with Crippen LogP contribution >= 0.6 is 11.8 Å². The van der Waals surface area contributed by atoms with Crippen molar-refractivity contribution in [1.82, 2.24) is 24.9 Å². The average Bonchev–Trinajstić information content (AvgIpc) is 2.95. The van der Waals surface area contributed by atoms with Gasteiger partial charge in [0.2, 0.25) is 0 Å². The van der Waals surface area contributed by atoms with E-state index in [4.69, 9.17) is 0 Å². The highest BCUT2D eigenvalue weighted by atomic mass is 32.2. The number of pyridine rings is 1. The van der Waals surface area contributed by atoms with Gasteiger partial charge in [0, 0.05) is 17.6 Å². The fourth-order valence-electron chi connectivity index (χ4n) is 1.76. The largest absolute Gasteiger partial charge is 0.370 e. The SMILES string of the molecule is CCCNc1cc(Sc2ncnc3nc[nH]c23)ccn1. The number of aromatic amines is 1. The zero-order valence-electron chi connectivity index (χ0n) is 11.0. The van der Waals surface area contributed by atoms with Crippen molar-refractivity contribution in [1.29, 1.82) is 0 Å². The molecule has 0 aliphatic rings. The number of H-pyrrole nitrogens is 1. The van der Waals surface area contributed by atoms with Crippen molar-refractivity contribution in [3.63, 3.8) is 0 Å². The van der Waals surface area contributed by atoms with E-state index in [9.17, 15) is 0 Å². The molecule has 0 saturated carbocycles. The molecular formula is C13H14N6S. The smallest absolute Gasteiger partial charge is 0.181 e. The van der Waals surface area contributed by atoms with Crippen molar-refractivity contribution in [3.8, 4) is 0 Å². The third-order valence-corrected chi connectivity index (χ3v) is 3.68. The number of nitrogens with one attached hydrogen (secondary N) is 2. The Balaban J connectivity index is 1.85. The Kier molecular flexibility index (Phi) is 3.78. The van der Waals surface area contributed by atoms with Crippen LogP contribution in [0.15, 0.2) is 40.9 Å². The van der Waals surface area contributed by atoms with E-state index < -0.39 is 0 Å². The molecule has 0 fully saturated rings. The summed E-state index contributed by atoms with van der Waals surface area (Å²) in [6.45, 7) is 3.04. The van der Waals surface area contributed by atoms with Gasteiger partial charge in [0.05, 0.1) is 6.33 Å². The second-order valence-electron chi connectivity index (χ2n) is 4.19. The highest BCUT2D eigenvalue weighted by Gasteiger charge is 2.08. The van der Waals surface area contributed by atoms with Gasteiger partial charge in [-0.25, -0.2) is 19.9 Å². The summed E-state index contributed by atoms with van der Waals surface area (Å²) in [4.78, 5) is 21.0. The second-order valence-corrected chi connectivity index (χ2v) is 5.25. The van der Waals surface area contributed by atoms with Crippen molar-refractivity contribution in [2.24, 2.45) is 0 Å². The summed E-state index contributed by atoms with van der Waals surface area (Å²) >= 11 is 1.57. The van der Waals surface area contributed by atoms with E-state index in [0.717, 1.165) is 34.2 Å². The molecule has 0 aliphatic heterocycles. The molecular weight excluding hydrogens is 272 g/mol. The molecule has 3 rings (SSSR count). The van der Waals surface area contributed by atoms with Gasteiger partial charge in [-0.15, -0.1) is 0 Å². The molecule has 0 radical (unpaired) electrons. The lowest BCUT2D eigenvalue weighted by molar-refractivity contribution is 0.967. The fourth-order valence-corrected chi connectivity index (χ4v) is 2.63. The summed E-state index contributed by atoms with van der Waals surface area (Å²) in [5, 5.41) is 4.14. The summed E-state index contributed by atoms with van der Waals surface area (Å²) < 4.78 is 0. The topological polar surface area (TPSA) is 79.4 Å². The number of anilines is 1. The van der Waals surface area contributed by atoms with E-state index >= 15 is 0 Å². The van der Waals surface area contributed by atoms with Gasteiger partial charge >= 0.3 is 0 Å². The summed E-state index contributed by atoms with van der Waals surface area (Å²) in [6, 6.07) is 3.98. The normalized spacial score (nSPS) is 10.8. The highest BCUT2D eigenvalue weighted by molar-refractivity contribution is 7.99. The fraction of sp³-hybridized carbons (Fsp3) is 0.231. The molecule has 102 valence electrons. The Labute approximate surface area is 120 Å². The van der Waals surface area contributed by atoms with E-state index in [1.54, 1.807) is 24.3 Å². The van der Waals surface area contributed by atoms with Gasteiger partial charge in [0.1, 0.15) is 22.7 Å². The van der Waals surface area contributed by atoms with Crippen molar-refractivity contribution in [2.75, 3.05) is 11.9 Å². The lowest BCUT2D eigenvalue weighted by Gasteiger charge is -2.06. The quantitative estimate of drug-likeness (QED) is 0.702. The number of aromatic nitrogens is 5. The molecule has 0 spiro atoms. The van der Waals surface area contributed by atoms with Gasteiger partial charge in [-0.3, -0.25) is 0 Å². The molecule has 0 unspecified atom stereocenters. The van der Waals surface area contributed by atoms with Crippen LogP contribution in [0.5, 0.6) is 0 Å². The van der Waals surface area contributed by atoms with Crippen LogP contribution in [-0.2, 0) is 0 Å². The summed E-state index contributed by atoms with van der Waals surface area (Å²) in [5.41, 5.74) is 1.54. The molecule has 20 heavy (non-hydrogen) atoms. The van der Waals surface area contributed by atoms with Gasteiger partial charge in [-0.2, -0.15) is 0 Å². The van der Waals surface area contributed by atoms with Crippen molar-refractivity contribution in [3.05, 3.63) is 31.0 Å². The lowest BCUT2D eigenvalue weighted by Crippen LogP contribution is -2.01. The predicted molar refractivity (Wildman–Crippen MR) is 78.8 cm³/mol. The van der Waals surface area contributed by atoms with Crippen LogP contribution in [-0.4, -0.2) is 31.5 Å². The summed E-state index contributed by atoms with van der Waals surface area (Å²) in [6.07, 6.45) is 6.03. The minimum Gasteiger partial charge on any atom is -0.370 e. The Bertz CT molecular complexity index is 711. The first kappa shape index (κ1) is 12.9. The van der Waals surface area contributed by atoms with E-state index in [1.165, 1.54) is 6.33 Å². The predicted octanol–water partition coefficient (Wildman–Crippen LogP) is 2.72. The maximum absolute atomic E-state index is 4.31. The van der Waals surface area contributed by atoms with Crippen LogP contribution in [0.25, 0.3) is 11.2 Å². The van der Waals surface area contributed by atoms with Crippen LogP contribution in [0.2, 0.25) is 0 Å². The van der Waals surface area contributed by atoms with Crippen LogP contribution < -0.4 is 5.32 Å². The molecule has 0 bridgehead atoms. The summed E-state index contributed by atoms with van der Waals surface area (Å²) in [7, 11) is 0. The average molecular weight is 286 g/mol. The minimum absolute atomic E-state index is 0.681. The number of rotatable bonds is 5. The molecule has 6 nitrogen and oxygen atoms in total. The van der Waals surface area contributed by atoms with Gasteiger partial charge in [-0.1, -0.05) is 18.7 Å². The molecule has 0 saturated heterocycles. The number of nitrogens with zero attached hydrogens (tertiary/aromatic N) is 4. The van der Waals surface area contributed by atoms with Gasteiger partial charge < -0.3 is 10.3 Å². The highest BCUT2D eigenvalue weighted by Crippen LogP contribution is 2.30. The molecule has 3 aromatic rings. The van der Waals surface area contributed by atoms with E-state index in [-0.39, 0.29) is 0 Å². The number of fused-ring (bicyclic) bond motifs is 1.